The van der Waals surface area contributed by atoms with Crippen LogP contribution in [0.2, 0.25) is 0 Å². The summed E-state index contributed by atoms with van der Waals surface area (Å²) in [6.07, 6.45) is -3.87. The van der Waals surface area contributed by atoms with Gasteiger partial charge in [0.15, 0.2) is 0 Å². The highest BCUT2D eigenvalue weighted by atomic mass is 32.1. The molecule has 148 valence electrons. The van der Waals surface area contributed by atoms with Gasteiger partial charge in [-0.25, -0.2) is 0 Å². The number of alkyl halides is 3. The molecule has 1 aliphatic rings. The highest BCUT2D eigenvalue weighted by molar-refractivity contribution is 7.12. The van der Waals surface area contributed by atoms with Gasteiger partial charge in [-0.2, -0.15) is 13.2 Å². The van der Waals surface area contributed by atoms with Gasteiger partial charge in [0.05, 0.1) is 10.4 Å². The van der Waals surface area contributed by atoms with Crippen LogP contribution < -0.4 is 10.2 Å². The van der Waals surface area contributed by atoms with Crippen molar-refractivity contribution in [3.63, 3.8) is 0 Å². The number of carbonyl (C=O) groups excluding carboxylic acids is 2. The summed E-state index contributed by atoms with van der Waals surface area (Å²) in [6.45, 7) is 0.539. The van der Waals surface area contributed by atoms with Crippen LogP contribution in [0, 0.1) is 0 Å². The monoisotopic (exact) mass is 416 g/mol. The van der Waals surface area contributed by atoms with Crippen molar-refractivity contribution in [2.24, 2.45) is 0 Å². The van der Waals surface area contributed by atoms with Crippen LogP contribution in [0.4, 0.5) is 24.5 Å². The molecule has 4 nitrogen and oxygen atoms in total. The molecule has 2 heterocycles. The summed E-state index contributed by atoms with van der Waals surface area (Å²) in [5.41, 5.74) is 1.20. The largest absolute Gasteiger partial charge is 0.416 e. The number of hydrogen-bond acceptors (Lipinski definition) is 3. The highest BCUT2D eigenvalue weighted by Gasteiger charge is 2.31. The molecule has 2 aromatic carbocycles. The smallest absolute Gasteiger partial charge is 0.322 e. The van der Waals surface area contributed by atoms with Crippen molar-refractivity contribution >= 4 is 34.5 Å². The Morgan fingerprint density at radius 3 is 2.59 bits per heavy atom. The first kappa shape index (κ1) is 19.2. The third-order valence-corrected chi connectivity index (χ3v) is 5.52. The Morgan fingerprint density at radius 1 is 1.03 bits per heavy atom. The third kappa shape index (κ3) is 3.88. The van der Waals surface area contributed by atoms with Crippen LogP contribution in [0.15, 0.2) is 60.0 Å². The number of benzene rings is 2. The van der Waals surface area contributed by atoms with Crippen LogP contribution in [0.1, 0.15) is 31.2 Å². The second-order valence-electron chi connectivity index (χ2n) is 6.56. The number of nitrogens with zero attached hydrogens (tertiary/aromatic N) is 1. The number of halogens is 3. The van der Waals surface area contributed by atoms with Crippen LogP contribution in [0.5, 0.6) is 0 Å². The molecule has 1 N–H and O–H groups in total. The predicted molar refractivity (Wildman–Crippen MR) is 106 cm³/mol. The minimum atomic E-state index is -4.51. The number of nitrogens with one attached hydrogen (secondary N) is 1. The molecule has 0 unspecified atom stereocenters. The molecule has 4 rings (SSSR count). The fourth-order valence-electron chi connectivity index (χ4n) is 3.26. The molecule has 0 aliphatic carbocycles. The lowest BCUT2D eigenvalue weighted by molar-refractivity contribution is -0.137. The van der Waals surface area contributed by atoms with Crippen LogP contribution in [-0.4, -0.2) is 18.4 Å². The van der Waals surface area contributed by atoms with Crippen LogP contribution in [0.25, 0.3) is 0 Å². The van der Waals surface area contributed by atoms with E-state index in [0.29, 0.717) is 23.5 Å². The lowest BCUT2D eigenvalue weighted by Crippen LogP contribution is -2.28. The van der Waals surface area contributed by atoms with Gasteiger partial charge in [0, 0.05) is 23.5 Å². The average Bonchev–Trinajstić information content (AvgIpc) is 3.37. The molecular weight excluding hydrogens is 401 g/mol. The van der Waals surface area contributed by atoms with Gasteiger partial charge in [-0.3, -0.25) is 9.59 Å². The number of amides is 2. The first-order chi connectivity index (χ1) is 13.8. The molecule has 0 radical (unpaired) electrons. The molecule has 0 spiro atoms. The standard InChI is InChI=1S/C21H15F3N2O2S/c22-21(23,24)15-4-1-3-14(11-15)19(27)25-16-6-7-17-13(12-16)8-9-26(17)20(28)18-5-2-10-29-18/h1-7,10-12H,8-9H2,(H,25,27). The van der Waals surface area contributed by atoms with Crippen molar-refractivity contribution in [3.8, 4) is 0 Å². The fraction of sp³-hybridized carbons (Fsp3) is 0.143. The van der Waals surface area contributed by atoms with Crippen LogP contribution >= 0.6 is 11.3 Å². The van der Waals surface area contributed by atoms with Crippen LogP contribution in [-0.2, 0) is 12.6 Å². The van der Waals surface area contributed by atoms with Gasteiger partial charge in [-0.1, -0.05) is 12.1 Å². The lowest BCUT2D eigenvalue weighted by Gasteiger charge is -2.17. The van der Waals surface area contributed by atoms with E-state index in [-0.39, 0.29) is 11.5 Å². The summed E-state index contributed by atoms with van der Waals surface area (Å²) >= 11 is 1.38. The predicted octanol–water partition coefficient (Wildman–Crippen LogP) is 5.22. The van der Waals surface area contributed by atoms with E-state index in [4.69, 9.17) is 0 Å². The first-order valence-corrected chi connectivity index (χ1v) is 9.68. The number of carbonyl (C=O) groups is 2. The van der Waals surface area contributed by atoms with Crippen molar-refractivity contribution in [2.45, 2.75) is 12.6 Å². The van der Waals surface area contributed by atoms with Crippen molar-refractivity contribution in [2.75, 3.05) is 16.8 Å². The molecular formula is C21H15F3N2O2S. The van der Waals surface area contributed by atoms with Crippen LogP contribution in [0.3, 0.4) is 0 Å². The van der Waals surface area contributed by atoms with Gasteiger partial charge in [0.2, 0.25) is 0 Å². The molecule has 29 heavy (non-hydrogen) atoms. The Hall–Kier alpha value is -3.13. The van der Waals surface area contributed by atoms with E-state index >= 15 is 0 Å². The van der Waals surface area contributed by atoms with Gasteiger partial charge >= 0.3 is 6.18 Å². The maximum absolute atomic E-state index is 12.8. The summed E-state index contributed by atoms with van der Waals surface area (Å²) in [5.74, 6) is -0.694. The molecule has 8 heteroatoms. The SMILES string of the molecule is O=C(Nc1ccc2c(c1)CCN2C(=O)c1cccs1)c1cccc(C(F)(F)F)c1. The zero-order valence-corrected chi connectivity index (χ0v) is 15.8. The topological polar surface area (TPSA) is 49.4 Å². The maximum atomic E-state index is 12.8. The molecule has 0 atom stereocenters. The molecule has 0 bridgehead atoms. The summed E-state index contributed by atoms with van der Waals surface area (Å²) in [5, 5.41) is 4.47. The number of rotatable bonds is 3. The Bertz CT molecular complexity index is 1080. The Labute approximate surface area is 168 Å². The molecule has 0 fully saturated rings. The highest BCUT2D eigenvalue weighted by Crippen LogP contribution is 2.33. The molecule has 3 aromatic rings. The minimum absolute atomic E-state index is 0.0699. The quantitative estimate of drug-likeness (QED) is 0.636. The van der Waals surface area contributed by atoms with Gasteiger partial charge in [-0.15, -0.1) is 11.3 Å². The Morgan fingerprint density at radius 2 is 1.86 bits per heavy atom. The van der Waals surface area contributed by atoms with E-state index in [9.17, 15) is 22.8 Å². The molecule has 0 saturated carbocycles. The third-order valence-electron chi connectivity index (χ3n) is 4.66. The zero-order chi connectivity index (χ0) is 20.6. The van der Waals surface area contributed by atoms with E-state index < -0.39 is 17.6 Å². The maximum Gasteiger partial charge on any atom is 0.416 e. The lowest BCUT2D eigenvalue weighted by atomic mass is 10.1. The van der Waals surface area contributed by atoms with Gasteiger partial charge in [0.25, 0.3) is 11.8 Å². The normalized spacial score (nSPS) is 13.3. The molecule has 1 aliphatic heterocycles. The second-order valence-corrected chi connectivity index (χ2v) is 7.51. The van der Waals surface area contributed by atoms with Crippen molar-refractivity contribution in [3.05, 3.63) is 81.5 Å². The number of thiophene rings is 1. The van der Waals surface area contributed by atoms with Gasteiger partial charge < -0.3 is 10.2 Å². The van der Waals surface area contributed by atoms with E-state index in [1.54, 1.807) is 29.2 Å². The molecule has 2 amide bonds. The minimum Gasteiger partial charge on any atom is -0.322 e. The number of anilines is 2. The second kappa shape index (κ2) is 7.36. The van der Waals surface area contributed by atoms with Gasteiger partial charge in [0.1, 0.15) is 0 Å². The average molecular weight is 416 g/mol. The van der Waals surface area contributed by atoms with E-state index in [0.717, 1.165) is 23.4 Å². The van der Waals surface area contributed by atoms with E-state index in [1.807, 2.05) is 11.4 Å². The number of hydrogen-bond donors (Lipinski definition) is 1. The summed E-state index contributed by atoms with van der Waals surface area (Å²) in [6, 6.07) is 13.0. The van der Waals surface area contributed by atoms with Gasteiger partial charge in [-0.05, 0) is 59.8 Å². The van der Waals surface area contributed by atoms with E-state index in [1.165, 1.54) is 23.5 Å². The first-order valence-electron chi connectivity index (χ1n) is 8.80. The number of fused-ring (bicyclic) bond motifs is 1. The Kier molecular flexibility index (Phi) is 4.87. The Balaban J connectivity index is 1.52. The fourth-order valence-corrected chi connectivity index (χ4v) is 3.94. The van der Waals surface area contributed by atoms with E-state index in [2.05, 4.69) is 5.32 Å². The molecule has 1 aromatic heterocycles. The summed E-state index contributed by atoms with van der Waals surface area (Å²) in [4.78, 5) is 27.3. The van der Waals surface area contributed by atoms with Crippen molar-refractivity contribution in [1.29, 1.82) is 0 Å². The zero-order valence-electron chi connectivity index (χ0n) is 15.0. The van der Waals surface area contributed by atoms with Crippen molar-refractivity contribution < 1.29 is 22.8 Å². The summed E-state index contributed by atoms with van der Waals surface area (Å²) in [7, 11) is 0. The summed E-state index contributed by atoms with van der Waals surface area (Å²) < 4.78 is 38.5. The molecule has 0 saturated heterocycles. The van der Waals surface area contributed by atoms with Crippen molar-refractivity contribution in [1.82, 2.24) is 0 Å².